The number of amides is 2. The zero-order valence-corrected chi connectivity index (χ0v) is 25.8. The molecule has 3 aromatic rings. The van der Waals surface area contributed by atoms with E-state index in [1.54, 1.807) is 29.2 Å². The fraction of sp³-hybridized carbons (Fsp3) is 0.394. The minimum absolute atomic E-state index is 0.0399. The van der Waals surface area contributed by atoms with Crippen molar-refractivity contribution in [3.8, 4) is 5.75 Å². The van der Waals surface area contributed by atoms with Gasteiger partial charge in [0.2, 0.25) is 21.8 Å². The van der Waals surface area contributed by atoms with Crippen LogP contribution in [0.15, 0.2) is 84.9 Å². The third-order valence-corrected chi connectivity index (χ3v) is 8.25. The molecule has 0 fully saturated rings. The van der Waals surface area contributed by atoms with Crippen molar-refractivity contribution < 1.29 is 22.7 Å². The summed E-state index contributed by atoms with van der Waals surface area (Å²) in [5.74, 6) is 0.241. The van der Waals surface area contributed by atoms with Crippen LogP contribution in [0.2, 0.25) is 0 Å². The van der Waals surface area contributed by atoms with E-state index in [0.717, 1.165) is 23.8 Å². The average Bonchev–Trinajstić information content (AvgIpc) is 2.98. The van der Waals surface area contributed by atoms with Crippen LogP contribution in [0.4, 0.5) is 5.69 Å². The Morgan fingerprint density at radius 1 is 0.881 bits per heavy atom. The second-order valence-corrected chi connectivity index (χ2v) is 12.3. The maximum absolute atomic E-state index is 13.9. The molecule has 2 atom stereocenters. The smallest absolute Gasteiger partial charge is 0.243 e. The molecule has 8 nitrogen and oxygen atoms in total. The van der Waals surface area contributed by atoms with Gasteiger partial charge in [0.1, 0.15) is 11.8 Å². The van der Waals surface area contributed by atoms with E-state index in [1.807, 2.05) is 81.4 Å². The molecule has 226 valence electrons. The van der Waals surface area contributed by atoms with Crippen LogP contribution in [-0.2, 0) is 32.6 Å². The van der Waals surface area contributed by atoms with Crippen molar-refractivity contribution in [2.24, 2.45) is 0 Å². The predicted molar refractivity (Wildman–Crippen MR) is 168 cm³/mol. The van der Waals surface area contributed by atoms with Gasteiger partial charge in [-0.25, -0.2) is 8.42 Å². The first-order chi connectivity index (χ1) is 20.1. The van der Waals surface area contributed by atoms with Gasteiger partial charge in [0.25, 0.3) is 0 Å². The molecule has 1 N–H and O–H groups in total. The van der Waals surface area contributed by atoms with Crippen LogP contribution in [0.3, 0.4) is 0 Å². The highest BCUT2D eigenvalue weighted by Gasteiger charge is 2.31. The molecule has 3 rings (SSSR count). The number of nitrogens with zero attached hydrogens (tertiary/aromatic N) is 2. The Morgan fingerprint density at radius 3 is 2.02 bits per heavy atom. The second-order valence-electron chi connectivity index (χ2n) is 10.4. The van der Waals surface area contributed by atoms with E-state index >= 15 is 0 Å². The van der Waals surface area contributed by atoms with Gasteiger partial charge < -0.3 is 15.0 Å². The second kappa shape index (κ2) is 16.0. The molecule has 3 aromatic carbocycles. The van der Waals surface area contributed by atoms with Crippen molar-refractivity contribution >= 4 is 27.5 Å². The minimum Gasteiger partial charge on any atom is -0.494 e. The Bertz CT molecular complexity index is 1370. The predicted octanol–water partition coefficient (Wildman–Crippen LogP) is 5.19. The number of hydrogen-bond acceptors (Lipinski definition) is 5. The van der Waals surface area contributed by atoms with Crippen LogP contribution in [0.1, 0.15) is 51.2 Å². The van der Waals surface area contributed by atoms with Crippen LogP contribution in [-0.4, -0.2) is 56.6 Å². The van der Waals surface area contributed by atoms with E-state index in [1.165, 1.54) is 4.31 Å². The van der Waals surface area contributed by atoms with Crippen molar-refractivity contribution in [3.63, 3.8) is 0 Å². The van der Waals surface area contributed by atoms with Crippen LogP contribution < -0.4 is 14.4 Å². The number of ether oxygens (including phenoxy) is 1. The summed E-state index contributed by atoms with van der Waals surface area (Å²) in [6.07, 6.45) is 2.65. The molecule has 0 unspecified atom stereocenters. The van der Waals surface area contributed by atoms with Crippen LogP contribution in [0.5, 0.6) is 5.75 Å². The van der Waals surface area contributed by atoms with Crippen molar-refractivity contribution in [1.82, 2.24) is 10.2 Å². The molecular formula is C33H43N3O5S. The largest absolute Gasteiger partial charge is 0.494 e. The lowest BCUT2D eigenvalue weighted by Crippen LogP contribution is -2.52. The molecule has 42 heavy (non-hydrogen) atoms. The van der Waals surface area contributed by atoms with Crippen molar-refractivity contribution in [2.75, 3.05) is 23.7 Å². The highest BCUT2D eigenvalue weighted by molar-refractivity contribution is 7.92. The summed E-state index contributed by atoms with van der Waals surface area (Å²) in [5, 5.41) is 3.07. The summed E-state index contributed by atoms with van der Waals surface area (Å²) in [7, 11) is -3.59. The summed E-state index contributed by atoms with van der Waals surface area (Å²) >= 11 is 0. The first kappa shape index (κ1) is 32.7. The highest BCUT2D eigenvalue weighted by atomic mass is 32.2. The van der Waals surface area contributed by atoms with E-state index in [9.17, 15) is 18.0 Å². The number of carbonyl (C=O) groups excluding carboxylic acids is 2. The van der Waals surface area contributed by atoms with Gasteiger partial charge in [0, 0.05) is 32.0 Å². The molecular weight excluding hydrogens is 550 g/mol. The zero-order chi connectivity index (χ0) is 30.5. The van der Waals surface area contributed by atoms with Crippen LogP contribution in [0.25, 0.3) is 0 Å². The Hall–Kier alpha value is -3.85. The summed E-state index contributed by atoms with van der Waals surface area (Å²) in [6.45, 7) is 6.73. The van der Waals surface area contributed by atoms with E-state index in [-0.39, 0.29) is 43.8 Å². The monoisotopic (exact) mass is 593 g/mol. The highest BCUT2D eigenvalue weighted by Crippen LogP contribution is 2.23. The molecule has 0 aromatic heterocycles. The summed E-state index contributed by atoms with van der Waals surface area (Å²) in [5.41, 5.74) is 2.36. The summed E-state index contributed by atoms with van der Waals surface area (Å²) in [6, 6.07) is 25.3. The van der Waals surface area contributed by atoms with E-state index in [2.05, 4.69) is 5.32 Å². The van der Waals surface area contributed by atoms with Crippen LogP contribution in [0, 0.1) is 0 Å². The SMILES string of the molecule is CCOc1ccc(N(CCCC(=O)N(Cc2ccccc2)[C@@H](Cc2ccccc2)C(=O)N[C@H](C)CC)S(C)(=O)=O)cc1. The van der Waals surface area contributed by atoms with E-state index in [4.69, 9.17) is 4.74 Å². The number of rotatable bonds is 16. The lowest BCUT2D eigenvalue weighted by molar-refractivity contribution is -0.141. The molecule has 0 aliphatic rings. The number of hydrogen-bond donors (Lipinski definition) is 1. The topological polar surface area (TPSA) is 96.0 Å². The molecule has 0 heterocycles. The molecule has 0 spiro atoms. The third kappa shape index (κ3) is 9.91. The molecule has 0 radical (unpaired) electrons. The standard InChI is InChI=1S/C33H43N3O5S/c1-5-26(3)34-33(38)31(24-27-14-9-7-10-15-27)35(25-28-16-11-8-12-17-28)32(37)18-13-23-36(42(4,39)40)29-19-21-30(22-20-29)41-6-2/h7-12,14-17,19-22,26,31H,5-6,13,18,23-25H2,1-4H3,(H,34,38)/t26-,31+/m1/s1. The first-order valence-electron chi connectivity index (χ1n) is 14.5. The van der Waals surface area contributed by atoms with Crippen molar-refractivity contribution in [2.45, 2.75) is 65.1 Å². The summed E-state index contributed by atoms with van der Waals surface area (Å²) < 4.78 is 32.1. The number of carbonyl (C=O) groups is 2. The summed E-state index contributed by atoms with van der Waals surface area (Å²) in [4.78, 5) is 29.1. The lowest BCUT2D eigenvalue weighted by Gasteiger charge is -2.32. The van der Waals surface area contributed by atoms with Gasteiger partial charge in [0.05, 0.1) is 18.6 Å². The maximum Gasteiger partial charge on any atom is 0.243 e. The van der Waals surface area contributed by atoms with Crippen LogP contribution >= 0.6 is 0 Å². The Morgan fingerprint density at radius 2 is 1.48 bits per heavy atom. The van der Waals surface area contributed by atoms with Crippen molar-refractivity contribution in [1.29, 1.82) is 0 Å². The fourth-order valence-corrected chi connectivity index (χ4v) is 5.62. The number of sulfonamides is 1. The average molecular weight is 594 g/mol. The molecule has 0 aliphatic heterocycles. The Kier molecular flexibility index (Phi) is 12.4. The fourth-order valence-electron chi connectivity index (χ4n) is 4.65. The molecule has 9 heteroatoms. The van der Waals surface area contributed by atoms with E-state index < -0.39 is 16.1 Å². The van der Waals surface area contributed by atoms with Gasteiger partial charge >= 0.3 is 0 Å². The molecule has 0 aliphatic carbocycles. The maximum atomic E-state index is 13.9. The zero-order valence-electron chi connectivity index (χ0n) is 25.0. The van der Waals surface area contributed by atoms with Gasteiger partial charge in [-0.15, -0.1) is 0 Å². The van der Waals surface area contributed by atoms with E-state index in [0.29, 0.717) is 24.5 Å². The van der Waals surface area contributed by atoms with Gasteiger partial charge in [-0.2, -0.15) is 0 Å². The number of nitrogens with one attached hydrogen (secondary N) is 1. The molecule has 0 saturated heterocycles. The Labute approximate surface area is 250 Å². The van der Waals surface area contributed by atoms with Gasteiger partial charge in [-0.05, 0) is 62.1 Å². The van der Waals surface area contributed by atoms with Gasteiger partial charge in [0.15, 0.2) is 0 Å². The number of benzene rings is 3. The molecule has 2 amide bonds. The minimum atomic E-state index is -3.59. The molecule has 0 saturated carbocycles. The normalized spacial score (nSPS) is 12.7. The van der Waals surface area contributed by atoms with Crippen molar-refractivity contribution in [3.05, 3.63) is 96.1 Å². The third-order valence-electron chi connectivity index (χ3n) is 7.06. The lowest BCUT2D eigenvalue weighted by atomic mass is 10.0. The Balaban J connectivity index is 1.84. The molecule has 0 bridgehead atoms. The number of anilines is 1. The quantitative estimate of drug-likeness (QED) is 0.247. The van der Waals surface area contributed by atoms with Gasteiger partial charge in [-0.3, -0.25) is 13.9 Å². The van der Waals surface area contributed by atoms with Gasteiger partial charge in [-0.1, -0.05) is 67.6 Å². The first-order valence-corrected chi connectivity index (χ1v) is 16.4.